The summed E-state index contributed by atoms with van der Waals surface area (Å²) in [5.41, 5.74) is 0.0418. The van der Waals surface area contributed by atoms with Gasteiger partial charge in [0.1, 0.15) is 0 Å². The Balaban J connectivity index is 1.60. The van der Waals surface area contributed by atoms with E-state index in [9.17, 15) is 18.0 Å². The number of carbonyl (C=O) groups is 1. The minimum Gasteiger partial charge on any atom is -0.346 e. The van der Waals surface area contributed by atoms with Gasteiger partial charge in [0, 0.05) is 24.8 Å². The summed E-state index contributed by atoms with van der Waals surface area (Å²) < 4.78 is 37.7. The zero-order chi connectivity index (χ0) is 18.6. The fourth-order valence-electron chi connectivity index (χ4n) is 2.81. The average Bonchev–Trinajstić information content (AvgIpc) is 2.66. The number of carbonyl (C=O) groups excluding carboxylic acids is 1. The molecule has 0 unspecified atom stereocenters. The first-order valence-electron chi connectivity index (χ1n) is 8.46. The second kappa shape index (κ2) is 7.72. The third kappa shape index (κ3) is 4.50. The largest absolute Gasteiger partial charge is 0.416 e. The lowest BCUT2D eigenvalue weighted by Gasteiger charge is -2.26. The molecule has 3 rings (SSSR count). The van der Waals surface area contributed by atoms with E-state index in [1.165, 1.54) is 6.42 Å². The molecule has 1 aromatic heterocycles. The Morgan fingerprint density at radius 3 is 2.42 bits per heavy atom. The normalized spacial score (nSPS) is 15.0. The molecular weight excluding hydrogens is 345 g/mol. The van der Waals surface area contributed by atoms with Gasteiger partial charge in [-0.05, 0) is 49.6 Å². The standard InChI is InChI=1S/C18H19F3N4O/c19-18(20,21)14-6-4-13(5-7-14)16(26)23-12-15-8-9-22-17(24-15)25-10-2-1-3-11-25/h4-9H,1-3,10-12H2,(H,23,26). The van der Waals surface area contributed by atoms with Crippen molar-refractivity contribution in [1.82, 2.24) is 15.3 Å². The van der Waals surface area contributed by atoms with Crippen LogP contribution in [0.1, 0.15) is 40.9 Å². The van der Waals surface area contributed by atoms with Crippen LogP contribution in [-0.4, -0.2) is 29.0 Å². The molecule has 1 saturated heterocycles. The van der Waals surface area contributed by atoms with E-state index in [0.29, 0.717) is 11.6 Å². The van der Waals surface area contributed by atoms with Crippen molar-refractivity contribution in [1.29, 1.82) is 0 Å². The van der Waals surface area contributed by atoms with E-state index in [4.69, 9.17) is 0 Å². The molecule has 0 radical (unpaired) electrons. The summed E-state index contributed by atoms with van der Waals surface area (Å²) in [5, 5.41) is 2.67. The molecule has 2 aromatic rings. The Bertz CT molecular complexity index is 756. The van der Waals surface area contributed by atoms with Crippen LogP contribution in [0.15, 0.2) is 36.5 Å². The Hall–Kier alpha value is -2.64. The molecule has 1 aromatic carbocycles. The number of benzene rings is 1. The van der Waals surface area contributed by atoms with E-state index in [0.717, 1.165) is 50.2 Å². The maximum absolute atomic E-state index is 12.6. The Morgan fingerprint density at radius 1 is 1.08 bits per heavy atom. The summed E-state index contributed by atoms with van der Waals surface area (Å²) in [6.07, 6.45) is 0.660. The van der Waals surface area contributed by atoms with Crippen molar-refractivity contribution in [2.75, 3.05) is 18.0 Å². The van der Waals surface area contributed by atoms with Gasteiger partial charge in [-0.25, -0.2) is 9.97 Å². The molecule has 1 amide bonds. The first-order valence-corrected chi connectivity index (χ1v) is 8.46. The van der Waals surface area contributed by atoms with Crippen LogP contribution in [0.5, 0.6) is 0 Å². The van der Waals surface area contributed by atoms with E-state index in [1.54, 1.807) is 12.3 Å². The highest BCUT2D eigenvalue weighted by Gasteiger charge is 2.30. The second-order valence-electron chi connectivity index (χ2n) is 6.15. The molecule has 5 nitrogen and oxygen atoms in total. The summed E-state index contributed by atoms with van der Waals surface area (Å²) in [5.74, 6) is 0.197. The number of amides is 1. The van der Waals surface area contributed by atoms with Crippen molar-refractivity contribution < 1.29 is 18.0 Å². The third-order valence-corrected chi connectivity index (χ3v) is 4.24. The fraction of sp³-hybridized carbons (Fsp3) is 0.389. The molecule has 0 atom stereocenters. The van der Waals surface area contributed by atoms with Gasteiger partial charge in [0.05, 0.1) is 17.8 Å². The number of rotatable bonds is 4. The van der Waals surface area contributed by atoms with Gasteiger partial charge < -0.3 is 10.2 Å². The van der Waals surface area contributed by atoms with Crippen LogP contribution in [-0.2, 0) is 12.7 Å². The molecule has 0 saturated carbocycles. The number of halogens is 3. The highest BCUT2D eigenvalue weighted by Crippen LogP contribution is 2.29. The molecule has 0 aliphatic carbocycles. The summed E-state index contributed by atoms with van der Waals surface area (Å²) in [7, 11) is 0. The minimum absolute atomic E-state index is 0.170. The predicted molar refractivity (Wildman–Crippen MR) is 90.7 cm³/mol. The number of piperidine rings is 1. The highest BCUT2D eigenvalue weighted by molar-refractivity contribution is 5.94. The lowest BCUT2D eigenvalue weighted by molar-refractivity contribution is -0.137. The molecule has 1 aliphatic heterocycles. The number of alkyl halides is 3. The van der Waals surface area contributed by atoms with Crippen molar-refractivity contribution in [3.8, 4) is 0 Å². The lowest BCUT2D eigenvalue weighted by Crippen LogP contribution is -2.31. The van der Waals surface area contributed by atoms with Crippen LogP contribution in [0.4, 0.5) is 19.1 Å². The number of hydrogen-bond donors (Lipinski definition) is 1. The quantitative estimate of drug-likeness (QED) is 0.903. The van der Waals surface area contributed by atoms with Gasteiger partial charge >= 0.3 is 6.18 Å². The molecule has 26 heavy (non-hydrogen) atoms. The van der Waals surface area contributed by atoms with Gasteiger partial charge in [-0.1, -0.05) is 0 Å². The van der Waals surface area contributed by atoms with Crippen LogP contribution < -0.4 is 10.2 Å². The van der Waals surface area contributed by atoms with Crippen molar-refractivity contribution in [2.45, 2.75) is 32.0 Å². The maximum Gasteiger partial charge on any atom is 0.416 e. The smallest absolute Gasteiger partial charge is 0.346 e. The van der Waals surface area contributed by atoms with Crippen molar-refractivity contribution >= 4 is 11.9 Å². The Labute approximate surface area is 149 Å². The lowest BCUT2D eigenvalue weighted by atomic mass is 10.1. The highest BCUT2D eigenvalue weighted by atomic mass is 19.4. The van der Waals surface area contributed by atoms with Gasteiger partial charge in [-0.15, -0.1) is 0 Å². The summed E-state index contributed by atoms with van der Waals surface area (Å²) in [4.78, 5) is 23.0. The number of aromatic nitrogens is 2. The van der Waals surface area contributed by atoms with E-state index >= 15 is 0 Å². The number of hydrogen-bond acceptors (Lipinski definition) is 4. The van der Waals surface area contributed by atoms with E-state index in [-0.39, 0.29) is 12.1 Å². The molecule has 0 spiro atoms. The first kappa shape index (κ1) is 18.2. The van der Waals surface area contributed by atoms with Crippen molar-refractivity contribution in [3.63, 3.8) is 0 Å². The second-order valence-corrected chi connectivity index (χ2v) is 6.15. The molecule has 8 heteroatoms. The van der Waals surface area contributed by atoms with Crippen LogP contribution in [0.2, 0.25) is 0 Å². The molecule has 1 fully saturated rings. The zero-order valence-electron chi connectivity index (χ0n) is 14.1. The molecule has 138 valence electrons. The molecule has 2 heterocycles. The molecule has 1 N–H and O–H groups in total. The van der Waals surface area contributed by atoms with E-state index < -0.39 is 17.6 Å². The van der Waals surface area contributed by atoms with Gasteiger partial charge in [0.25, 0.3) is 5.91 Å². The Kier molecular flexibility index (Phi) is 5.39. The fourth-order valence-corrected chi connectivity index (χ4v) is 2.81. The van der Waals surface area contributed by atoms with E-state index in [2.05, 4.69) is 20.2 Å². The van der Waals surface area contributed by atoms with Gasteiger partial charge in [-0.3, -0.25) is 4.79 Å². The van der Waals surface area contributed by atoms with Gasteiger partial charge in [0.2, 0.25) is 5.95 Å². The van der Waals surface area contributed by atoms with Crippen LogP contribution >= 0.6 is 0 Å². The summed E-state index contributed by atoms with van der Waals surface area (Å²) in [6.45, 7) is 2.02. The number of nitrogens with zero attached hydrogens (tertiary/aromatic N) is 3. The van der Waals surface area contributed by atoms with Crippen LogP contribution in [0, 0.1) is 0 Å². The maximum atomic E-state index is 12.6. The first-order chi connectivity index (χ1) is 12.4. The molecule has 0 bridgehead atoms. The van der Waals surface area contributed by atoms with Gasteiger partial charge in [-0.2, -0.15) is 13.2 Å². The number of anilines is 1. The minimum atomic E-state index is -4.42. The Morgan fingerprint density at radius 2 is 1.77 bits per heavy atom. The van der Waals surface area contributed by atoms with Crippen molar-refractivity contribution in [2.24, 2.45) is 0 Å². The molecular formula is C18H19F3N4O. The average molecular weight is 364 g/mol. The zero-order valence-corrected chi connectivity index (χ0v) is 14.1. The van der Waals surface area contributed by atoms with Gasteiger partial charge in [0.15, 0.2) is 0 Å². The summed E-state index contributed by atoms with van der Waals surface area (Å²) >= 11 is 0. The third-order valence-electron chi connectivity index (χ3n) is 4.24. The SMILES string of the molecule is O=C(NCc1ccnc(N2CCCCC2)n1)c1ccc(C(F)(F)F)cc1. The van der Waals surface area contributed by atoms with E-state index in [1.807, 2.05) is 0 Å². The summed E-state index contributed by atoms with van der Waals surface area (Å²) in [6, 6.07) is 5.83. The van der Waals surface area contributed by atoms with Crippen LogP contribution in [0.3, 0.4) is 0 Å². The molecule has 1 aliphatic rings. The number of nitrogens with one attached hydrogen (secondary N) is 1. The van der Waals surface area contributed by atoms with Crippen molar-refractivity contribution in [3.05, 3.63) is 53.3 Å². The monoisotopic (exact) mass is 364 g/mol. The van der Waals surface area contributed by atoms with Crippen LogP contribution in [0.25, 0.3) is 0 Å². The predicted octanol–water partition coefficient (Wildman–Crippen LogP) is 3.42. The topological polar surface area (TPSA) is 58.1 Å².